The number of nitrogens with zero attached hydrogens (tertiary/aromatic N) is 1. The Kier molecular flexibility index (Phi) is 8.01. The first kappa shape index (κ1) is 19.0. The molecule has 5 nitrogen and oxygen atoms in total. The molecule has 2 aromatic carbocycles. The summed E-state index contributed by atoms with van der Waals surface area (Å²) >= 11 is 1.23. The molecule has 0 aliphatic carbocycles. The zero-order valence-corrected chi connectivity index (χ0v) is 14.8. The van der Waals surface area contributed by atoms with Crippen LogP contribution in [0.1, 0.15) is 12.5 Å². The van der Waals surface area contributed by atoms with E-state index in [0.717, 1.165) is 10.5 Å². The molecule has 0 bridgehead atoms. The van der Waals surface area contributed by atoms with Crippen molar-refractivity contribution in [3.8, 4) is 0 Å². The van der Waals surface area contributed by atoms with E-state index in [1.165, 1.54) is 18.0 Å². The van der Waals surface area contributed by atoms with Crippen molar-refractivity contribution in [2.45, 2.75) is 29.8 Å². The van der Waals surface area contributed by atoms with Gasteiger partial charge >= 0.3 is 5.97 Å². The van der Waals surface area contributed by atoms with E-state index >= 15 is 0 Å². The molecule has 0 aliphatic rings. The minimum Gasteiger partial charge on any atom is -0.465 e. The van der Waals surface area contributed by atoms with Crippen LogP contribution in [-0.4, -0.2) is 35.3 Å². The molecule has 0 aliphatic heterocycles. The van der Waals surface area contributed by atoms with Gasteiger partial charge in [-0.2, -0.15) is 0 Å². The Balaban J connectivity index is 1.95. The molecule has 2 aromatic rings. The van der Waals surface area contributed by atoms with E-state index in [4.69, 9.17) is 9.57 Å². The summed E-state index contributed by atoms with van der Waals surface area (Å²) in [4.78, 5) is 18.2. The van der Waals surface area contributed by atoms with Crippen LogP contribution in [0.5, 0.6) is 0 Å². The van der Waals surface area contributed by atoms with Gasteiger partial charge in [-0.05, 0) is 24.6 Å². The van der Waals surface area contributed by atoms with E-state index in [9.17, 15) is 9.90 Å². The first-order valence-electron chi connectivity index (χ1n) is 7.96. The topological polar surface area (TPSA) is 68.1 Å². The molecular formula is C19H21NO4S. The number of carbonyl (C=O) groups excluding carboxylic acids is 1. The van der Waals surface area contributed by atoms with E-state index in [0.29, 0.717) is 6.61 Å². The molecule has 2 rings (SSSR count). The molecule has 0 heterocycles. The fourth-order valence-corrected chi connectivity index (χ4v) is 2.98. The summed E-state index contributed by atoms with van der Waals surface area (Å²) in [7, 11) is 0. The van der Waals surface area contributed by atoms with Gasteiger partial charge in [0, 0.05) is 4.90 Å². The Morgan fingerprint density at radius 2 is 1.80 bits per heavy atom. The van der Waals surface area contributed by atoms with Crippen molar-refractivity contribution in [2.24, 2.45) is 5.16 Å². The number of benzene rings is 2. The van der Waals surface area contributed by atoms with Crippen molar-refractivity contribution in [3.05, 3.63) is 66.2 Å². The second-order valence-corrected chi connectivity index (χ2v) is 6.32. The summed E-state index contributed by atoms with van der Waals surface area (Å²) in [6, 6.07) is 18.9. The van der Waals surface area contributed by atoms with Crippen LogP contribution in [0.2, 0.25) is 0 Å². The SMILES string of the molecule is CCOC(=O)[C@H](Sc1ccccc1)[C@@H](O)/C=N/OCc1ccccc1. The molecule has 2 atom stereocenters. The monoisotopic (exact) mass is 359 g/mol. The molecule has 132 valence electrons. The Bertz CT molecular complexity index is 664. The Labute approximate surface area is 151 Å². The molecule has 0 radical (unpaired) electrons. The zero-order chi connectivity index (χ0) is 17.9. The number of hydrogen-bond acceptors (Lipinski definition) is 6. The van der Waals surface area contributed by atoms with Crippen LogP contribution in [0.4, 0.5) is 0 Å². The number of oxime groups is 1. The summed E-state index contributed by atoms with van der Waals surface area (Å²) in [5.74, 6) is -0.488. The highest BCUT2D eigenvalue weighted by Gasteiger charge is 2.28. The molecule has 0 spiro atoms. The minimum atomic E-state index is -1.12. The predicted octanol–water partition coefficient (Wildman–Crippen LogP) is 3.27. The summed E-state index contributed by atoms with van der Waals surface area (Å²) in [6.07, 6.45) is 0.0977. The number of ether oxygens (including phenoxy) is 1. The van der Waals surface area contributed by atoms with Gasteiger partial charge in [0.2, 0.25) is 0 Å². The first-order valence-corrected chi connectivity index (χ1v) is 8.84. The highest BCUT2D eigenvalue weighted by molar-refractivity contribution is 8.00. The molecule has 0 amide bonds. The van der Waals surface area contributed by atoms with Gasteiger partial charge in [0.25, 0.3) is 0 Å². The number of rotatable bonds is 9. The number of aliphatic hydroxyl groups excluding tert-OH is 1. The third kappa shape index (κ3) is 6.60. The molecule has 25 heavy (non-hydrogen) atoms. The van der Waals surface area contributed by atoms with Crippen LogP contribution in [0.3, 0.4) is 0 Å². The minimum absolute atomic E-state index is 0.249. The highest BCUT2D eigenvalue weighted by atomic mass is 32.2. The Hall–Kier alpha value is -2.31. The Morgan fingerprint density at radius 3 is 2.44 bits per heavy atom. The van der Waals surface area contributed by atoms with Gasteiger partial charge in [-0.1, -0.05) is 53.7 Å². The van der Waals surface area contributed by atoms with Crippen LogP contribution in [-0.2, 0) is 21.0 Å². The third-order valence-electron chi connectivity index (χ3n) is 3.20. The lowest BCUT2D eigenvalue weighted by molar-refractivity contribution is -0.143. The maximum absolute atomic E-state index is 12.1. The predicted molar refractivity (Wildman–Crippen MR) is 98.4 cm³/mol. The van der Waals surface area contributed by atoms with Gasteiger partial charge < -0.3 is 14.7 Å². The van der Waals surface area contributed by atoms with Crippen LogP contribution in [0.25, 0.3) is 0 Å². The van der Waals surface area contributed by atoms with Gasteiger partial charge in [-0.25, -0.2) is 0 Å². The quantitative estimate of drug-likeness (QED) is 0.322. The van der Waals surface area contributed by atoms with E-state index in [1.807, 2.05) is 60.7 Å². The van der Waals surface area contributed by atoms with Crippen LogP contribution >= 0.6 is 11.8 Å². The standard InChI is InChI=1S/C19H21NO4S/c1-2-23-19(22)18(25-16-11-7-4-8-12-16)17(21)13-20-24-14-15-9-5-3-6-10-15/h3-13,17-18,21H,2,14H2,1H3/b20-13+/t17-,18+/m0/s1. The summed E-state index contributed by atoms with van der Waals surface area (Å²) in [5.41, 5.74) is 0.967. The fraction of sp³-hybridized carbons (Fsp3) is 0.263. The second-order valence-electron chi connectivity index (χ2n) is 5.11. The van der Waals surface area contributed by atoms with Crippen LogP contribution in [0.15, 0.2) is 70.7 Å². The van der Waals surface area contributed by atoms with E-state index in [1.54, 1.807) is 6.92 Å². The fourth-order valence-electron chi connectivity index (χ4n) is 2.00. The lowest BCUT2D eigenvalue weighted by Crippen LogP contribution is -2.34. The maximum Gasteiger partial charge on any atom is 0.322 e. The summed E-state index contributed by atoms with van der Waals surface area (Å²) < 4.78 is 5.05. The van der Waals surface area contributed by atoms with Gasteiger partial charge in [-0.15, -0.1) is 11.8 Å². The van der Waals surface area contributed by atoms with Gasteiger partial charge in [0.1, 0.15) is 18.0 Å². The zero-order valence-electron chi connectivity index (χ0n) is 13.9. The Morgan fingerprint density at radius 1 is 1.16 bits per heavy atom. The van der Waals surface area contributed by atoms with Crippen molar-refractivity contribution in [1.29, 1.82) is 0 Å². The van der Waals surface area contributed by atoms with E-state index < -0.39 is 17.3 Å². The molecule has 0 fully saturated rings. The molecule has 6 heteroatoms. The van der Waals surface area contributed by atoms with Crippen molar-refractivity contribution in [2.75, 3.05) is 6.61 Å². The number of esters is 1. The molecular weight excluding hydrogens is 338 g/mol. The average molecular weight is 359 g/mol. The molecule has 0 unspecified atom stereocenters. The van der Waals surface area contributed by atoms with Crippen molar-refractivity contribution in [1.82, 2.24) is 0 Å². The van der Waals surface area contributed by atoms with Gasteiger partial charge in [0.15, 0.2) is 0 Å². The normalized spacial score (nSPS) is 13.4. The number of hydrogen-bond donors (Lipinski definition) is 1. The van der Waals surface area contributed by atoms with E-state index in [-0.39, 0.29) is 6.61 Å². The number of carbonyl (C=O) groups is 1. The smallest absolute Gasteiger partial charge is 0.322 e. The average Bonchev–Trinajstić information content (AvgIpc) is 2.65. The van der Waals surface area contributed by atoms with Crippen molar-refractivity contribution < 1.29 is 19.5 Å². The van der Waals surface area contributed by atoms with Gasteiger partial charge in [-0.3, -0.25) is 4.79 Å². The first-order chi connectivity index (χ1) is 12.2. The largest absolute Gasteiger partial charge is 0.465 e. The van der Waals surface area contributed by atoms with Crippen LogP contribution in [0, 0.1) is 0 Å². The lowest BCUT2D eigenvalue weighted by Gasteiger charge is -2.17. The summed E-state index contributed by atoms with van der Waals surface area (Å²) in [5, 5.41) is 13.3. The van der Waals surface area contributed by atoms with Crippen molar-refractivity contribution in [3.63, 3.8) is 0 Å². The van der Waals surface area contributed by atoms with Gasteiger partial charge in [0.05, 0.1) is 12.8 Å². The molecule has 0 aromatic heterocycles. The highest BCUT2D eigenvalue weighted by Crippen LogP contribution is 2.26. The van der Waals surface area contributed by atoms with E-state index in [2.05, 4.69) is 5.16 Å². The third-order valence-corrected chi connectivity index (χ3v) is 4.47. The molecule has 0 saturated heterocycles. The number of thioether (sulfide) groups is 1. The van der Waals surface area contributed by atoms with Crippen LogP contribution < -0.4 is 0 Å². The molecule has 1 N–H and O–H groups in total. The van der Waals surface area contributed by atoms with Crippen molar-refractivity contribution >= 4 is 23.9 Å². The number of aliphatic hydroxyl groups is 1. The summed E-state index contributed by atoms with van der Waals surface area (Å²) in [6.45, 7) is 2.27. The second kappa shape index (κ2) is 10.5. The maximum atomic E-state index is 12.1. The molecule has 0 saturated carbocycles. The lowest BCUT2D eigenvalue weighted by atomic mass is 10.2.